The Morgan fingerprint density at radius 3 is 2.55 bits per heavy atom. The number of halogens is 2. The van der Waals surface area contributed by atoms with Crippen molar-refractivity contribution in [1.29, 1.82) is 5.26 Å². The number of nitrogens with one attached hydrogen (secondary N) is 1. The Morgan fingerprint density at radius 2 is 1.81 bits per heavy atom. The maximum absolute atomic E-state index is 14.9. The largest absolute Gasteiger partial charge is 0.445 e. The molecule has 0 aliphatic carbocycles. The number of piperazine rings is 1. The molecule has 9 nitrogen and oxygen atoms in total. The lowest BCUT2D eigenvalue weighted by Crippen LogP contribution is -2.49. The van der Waals surface area contributed by atoms with Crippen LogP contribution < -0.4 is 16.0 Å². The van der Waals surface area contributed by atoms with Gasteiger partial charge in [0.2, 0.25) is 0 Å². The zero-order chi connectivity index (χ0) is 29.2. The number of aromatic nitrogens is 2. The van der Waals surface area contributed by atoms with Crippen LogP contribution >= 0.6 is 0 Å². The number of carbonyl (C=O) groups is 1. The SMILES string of the molecule is N#Cc1c(-c2ccc(CN)c(F)c2F)nn2c1Nc1ccc(N3CCN(C(=O)OCc4ccccc4)CC3)cc1CC2. The van der Waals surface area contributed by atoms with Crippen molar-refractivity contribution in [2.45, 2.75) is 26.1 Å². The molecule has 3 heterocycles. The van der Waals surface area contributed by atoms with Crippen molar-refractivity contribution in [3.05, 3.63) is 94.6 Å². The van der Waals surface area contributed by atoms with Gasteiger partial charge >= 0.3 is 6.09 Å². The Labute approximate surface area is 241 Å². The molecule has 0 radical (unpaired) electrons. The van der Waals surface area contributed by atoms with Gasteiger partial charge in [-0.05, 0) is 41.8 Å². The molecule has 11 heteroatoms. The second-order valence-electron chi connectivity index (χ2n) is 10.2. The molecule has 2 aliphatic heterocycles. The maximum Gasteiger partial charge on any atom is 0.410 e. The molecule has 42 heavy (non-hydrogen) atoms. The zero-order valence-corrected chi connectivity index (χ0v) is 22.8. The molecule has 0 spiro atoms. The highest BCUT2D eigenvalue weighted by Crippen LogP contribution is 2.37. The van der Waals surface area contributed by atoms with E-state index in [1.165, 1.54) is 12.1 Å². The Balaban J connectivity index is 1.15. The van der Waals surface area contributed by atoms with Gasteiger partial charge in [0, 0.05) is 61.8 Å². The van der Waals surface area contributed by atoms with Crippen LogP contribution in [0.15, 0.2) is 60.7 Å². The minimum atomic E-state index is -1.07. The number of hydrogen-bond donors (Lipinski definition) is 2. The second-order valence-corrected chi connectivity index (χ2v) is 10.2. The van der Waals surface area contributed by atoms with Gasteiger partial charge < -0.3 is 25.6 Å². The average molecular weight is 570 g/mol. The third-order valence-electron chi connectivity index (χ3n) is 7.74. The minimum Gasteiger partial charge on any atom is -0.445 e. The van der Waals surface area contributed by atoms with Crippen LogP contribution in [-0.2, 0) is 30.9 Å². The average Bonchev–Trinajstić information content (AvgIpc) is 3.27. The first-order valence-corrected chi connectivity index (χ1v) is 13.8. The van der Waals surface area contributed by atoms with Crippen LogP contribution in [0.4, 0.5) is 30.8 Å². The van der Waals surface area contributed by atoms with Crippen LogP contribution in [0.2, 0.25) is 0 Å². The number of nitrogens with zero attached hydrogens (tertiary/aromatic N) is 5. The predicted molar refractivity (Wildman–Crippen MR) is 154 cm³/mol. The van der Waals surface area contributed by atoms with E-state index in [0.717, 1.165) is 22.5 Å². The number of amides is 1. The van der Waals surface area contributed by atoms with Gasteiger partial charge in [-0.3, -0.25) is 0 Å². The number of nitriles is 1. The first-order valence-electron chi connectivity index (χ1n) is 13.8. The van der Waals surface area contributed by atoms with Crippen LogP contribution in [0, 0.1) is 23.0 Å². The Bertz CT molecular complexity index is 1680. The first kappa shape index (κ1) is 27.2. The first-order chi connectivity index (χ1) is 20.5. The summed E-state index contributed by atoms with van der Waals surface area (Å²) < 4.78 is 36.5. The molecule has 6 rings (SSSR count). The predicted octanol–water partition coefficient (Wildman–Crippen LogP) is 4.92. The van der Waals surface area contributed by atoms with Crippen molar-refractivity contribution < 1.29 is 18.3 Å². The standard InChI is InChI=1S/C31H29F2N7O2/c32-27-22(17-34)6-8-24(28(27)33)29-25(18-35)30-36-26-9-7-23(16-21(26)10-11-40(30)37-29)38-12-14-39(15-13-38)31(41)42-19-20-4-2-1-3-5-20/h1-9,16,36H,10-15,17,19,34H2. The Hall–Kier alpha value is -4.95. The summed E-state index contributed by atoms with van der Waals surface area (Å²) in [6.45, 7) is 3.00. The monoisotopic (exact) mass is 569 g/mol. The number of hydrogen-bond acceptors (Lipinski definition) is 7. The number of anilines is 3. The van der Waals surface area contributed by atoms with Crippen molar-refractivity contribution >= 4 is 23.3 Å². The fourth-order valence-corrected chi connectivity index (χ4v) is 5.39. The number of nitrogens with two attached hydrogens (primary N) is 1. The Kier molecular flexibility index (Phi) is 7.46. The Morgan fingerprint density at radius 1 is 1.02 bits per heavy atom. The molecule has 4 aromatic rings. The summed E-state index contributed by atoms with van der Waals surface area (Å²) >= 11 is 0. The number of benzene rings is 3. The molecule has 0 bridgehead atoms. The van der Waals surface area contributed by atoms with Crippen molar-refractivity contribution in [3.63, 3.8) is 0 Å². The van der Waals surface area contributed by atoms with Crippen LogP contribution in [0.5, 0.6) is 0 Å². The molecular formula is C31H29F2N7O2. The van der Waals surface area contributed by atoms with Gasteiger partial charge in [-0.1, -0.05) is 36.4 Å². The number of ether oxygens (including phenoxy) is 1. The lowest BCUT2D eigenvalue weighted by Gasteiger charge is -2.35. The molecule has 3 N–H and O–H groups in total. The smallest absolute Gasteiger partial charge is 0.410 e. The maximum atomic E-state index is 14.9. The van der Waals surface area contributed by atoms with Gasteiger partial charge in [0.1, 0.15) is 29.8 Å². The fourth-order valence-electron chi connectivity index (χ4n) is 5.39. The van der Waals surface area contributed by atoms with Crippen LogP contribution in [0.3, 0.4) is 0 Å². The summed E-state index contributed by atoms with van der Waals surface area (Å²) in [6, 6.07) is 20.6. The summed E-state index contributed by atoms with van der Waals surface area (Å²) in [5.74, 6) is -1.67. The van der Waals surface area contributed by atoms with Gasteiger partial charge in [0.05, 0.1) is 0 Å². The molecule has 1 aromatic heterocycles. The van der Waals surface area contributed by atoms with Crippen molar-refractivity contribution in [1.82, 2.24) is 14.7 Å². The van der Waals surface area contributed by atoms with Gasteiger partial charge in [-0.2, -0.15) is 10.4 Å². The third kappa shape index (κ3) is 5.12. The molecule has 2 aliphatic rings. The van der Waals surface area contributed by atoms with Gasteiger partial charge in [0.25, 0.3) is 0 Å². The molecule has 0 saturated carbocycles. The van der Waals surface area contributed by atoms with Gasteiger partial charge in [-0.15, -0.1) is 0 Å². The fraction of sp³-hybridized carbons (Fsp3) is 0.258. The van der Waals surface area contributed by atoms with E-state index in [1.807, 2.05) is 42.5 Å². The van der Waals surface area contributed by atoms with E-state index in [0.29, 0.717) is 45.0 Å². The van der Waals surface area contributed by atoms with E-state index in [-0.39, 0.29) is 41.6 Å². The number of carbonyl (C=O) groups excluding carboxylic acids is 1. The van der Waals surface area contributed by atoms with Crippen LogP contribution in [0.1, 0.15) is 22.3 Å². The van der Waals surface area contributed by atoms with E-state index in [4.69, 9.17) is 10.5 Å². The molecule has 0 atom stereocenters. The number of fused-ring (bicyclic) bond motifs is 2. The summed E-state index contributed by atoms with van der Waals surface area (Å²) in [5, 5.41) is 17.8. The zero-order valence-electron chi connectivity index (χ0n) is 22.8. The molecule has 1 amide bonds. The highest BCUT2D eigenvalue weighted by atomic mass is 19.2. The normalized spacial score (nSPS) is 14.3. The lowest BCUT2D eigenvalue weighted by atomic mass is 10.0. The van der Waals surface area contributed by atoms with E-state index in [2.05, 4.69) is 27.5 Å². The van der Waals surface area contributed by atoms with Crippen molar-refractivity contribution in [2.24, 2.45) is 5.73 Å². The second kappa shape index (κ2) is 11.5. The van der Waals surface area contributed by atoms with Gasteiger partial charge in [0.15, 0.2) is 11.6 Å². The third-order valence-corrected chi connectivity index (χ3v) is 7.74. The quantitative estimate of drug-likeness (QED) is 0.351. The van der Waals surface area contributed by atoms with Crippen LogP contribution in [-0.4, -0.2) is 47.0 Å². The number of rotatable bonds is 5. The number of aryl methyl sites for hydroxylation is 2. The summed E-state index contributed by atoms with van der Waals surface area (Å²) in [5.41, 5.74) is 9.54. The van der Waals surface area contributed by atoms with E-state index >= 15 is 0 Å². The highest BCUT2D eigenvalue weighted by molar-refractivity contribution is 5.78. The van der Waals surface area contributed by atoms with Crippen molar-refractivity contribution in [3.8, 4) is 17.3 Å². The van der Waals surface area contributed by atoms with E-state index < -0.39 is 11.6 Å². The summed E-state index contributed by atoms with van der Waals surface area (Å²) in [6.07, 6.45) is 0.300. The van der Waals surface area contributed by atoms with E-state index in [1.54, 1.807) is 9.58 Å². The highest BCUT2D eigenvalue weighted by Gasteiger charge is 2.27. The summed E-state index contributed by atoms with van der Waals surface area (Å²) in [4.78, 5) is 16.5. The van der Waals surface area contributed by atoms with Gasteiger partial charge in [-0.25, -0.2) is 18.3 Å². The molecule has 3 aromatic carbocycles. The molecule has 214 valence electrons. The van der Waals surface area contributed by atoms with Crippen molar-refractivity contribution in [2.75, 3.05) is 36.4 Å². The summed E-state index contributed by atoms with van der Waals surface area (Å²) in [7, 11) is 0. The minimum absolute atomic E-state index is 0.0581. The lowest BCUT2D eigenvalue weighted by molar-refractivity contribution is 0.0942. The molecular weight excluding hydrogens is 540 g/mol. The molecule has 1 fully saturated rings. The molecule has 1 saturated heterocycles. The topological polar surface area (TPSA) is 112 Å². The van der Waals surface area contributed by atoms with E-state index in [9.17, 15) is 18.8 Å². The molecule has 0 unspecified atom stereocenters. The van der Waals surface area contributed by atoms with Crippen LogP contribution in [0.25, 0.3) is 11.3 Å².